The molecular formula is C18H22ClN3O2. The first kappa shape index (κ1) is 15.9. The summed E-state index contributed by atoms with van der Waals surface area (Å²) < 4.78 is 0. The van der Waals surface area contributed by atoms with E-state index in [2.05, 4.69) is 19.3 Å². The van der Waals surface area contributed by atoms with Gasteiger partial charge in [0.2, 0.25) is 5.91 Å². The van der Waals surface area contributed by atoms with Crippen molar-refractivity contribution in [1.82, 2.24) is 10.4 Å². The lowest BCUT2D eigenvalue weighted by atomic mass is 9.65. The summed E-state index contributed by atoms with van der Waals surface area (Å²) in [6, 6.07) is 6.72. The molecule has 4 atom stereocenters. The first-order chi connectivity index (χ1) is 11.2. The fourth-order valence-corrected chi connectivity index (χ4v) is 5.84. The van der Waals surface area contributed by atoms with Crippen molar-refractivity contribution >= 4 is 23.4 Å². The van der Waals surface area contributed by atoms with Crippen molar-refractivity contribution < 1.29 is 9.59 Å². The third-order valence-electron chi connectivity index (χ3n) is 7.31. The minimum atomic E-state index is -0.785. The monoisotopic (exact) mass is 347 g/mol. The molecule has 1 aliphatic heterocycles. The summed E-state index contributed by atoms with van der Waals surface area (Å²) in [7, 11) is 0. The number of hydrogen-bond acceptors (Lipinski definition) is 3. The number of hydrogen-bond donors (Lipinski definition) is 2. The number of halogens is 1. The van der Waals surface area contributed by atoms with Crippen molar-refractivity contribution in [3.8, 4) is 0 Å². The van der Waals surface area contributed by atoms with Crippen LogP contribution in [0.5, 0.6) is 0 Å². The van der Waals surface area contributed by atoms with Gasteiger partial charge in [0.05, 0.1) is 0 Å². The molecule has 6 heteroatoms. The van der Waals surface area contributed by atoms with E-state index in [9.17, 15) is 9.59 Å². The first-order valence-electron chi connectivity index (χ1n) is 8.39. The van der Waals surface area contributed by atoms with Crippen LogP contribution in [-0.4, -0.2) is 28.9 Å². The minimum absolute atomic E-state index is 0.00923. The second-order valence-corrected chi connectivity index (χ2v) is 8.38. The Balaban J connectivity index is 1.66. The lowest BCUT2D eigenvalue weighted by molar-refractivity contribution is -0.137. The van der Waals surface area contributed by atoms with Gasteiger partial charge >= 0.3 is 0 Å². The molecule has 4 bridgehead atoms. The lowest BCUT2D eigenvalue weighted by Crippen LogP contribution is -2.66. The molecule has 0 radical (unpaired) electrons. The maximum absolute atomic E-state index is 12.6. The number of primary amides is 1. The molecule has 0 aromatic heterocycles. The van der Waals surface area contributed by atoms with Gasteiger partial charge in [-0.3, -0.25) is 15.0 Å². The second kappa shape index (κ2) is 4.73. The Kier molecular flexibility index (Phi) is 3.14. The Hall–Kier alpha value is -1.59. The summed E-state index contributed by atoms with van der Waals surface area (Å²) in [5.41, 5.74) is 8.38. The van der Waals surface area contributed by atoms with Crippen LogP contribution in [-0.2, 0) is 4.79 Å². The van der Waals surface area contributed by atoms with Gasteiger partial charge in [0, 0.05) is 22.5 Å². The normalized spacial score (nSPS) is 40.0. The van der Waals surface area contributed by atoms with E-state index in [1.165, 1.54) is 0 Å². The fourth-order valence-electron chi connectivity index (χ4n) is 5.71. The highest BCUT2D eigenvalue weighted by Gasteiger charge is 2.80. The van der Waals surface area contributed by atoms with Crippen LogP contribution in [0.4, 0.5) is 0 Å². The van der Waals surface area contributed by atoms with Crippen molar-refractivity contribution in [3.05, 3.63) is 34.9 Å². The van der Waals surface area contributed by atoms with Gasteiger partial charge in [-0.05, 0) is 54.9 Å². The summed E-state index contributed by atoms with van der Waals surface area (Å²) >= 11 is 5.88. The molecule has 4 rings (SSSR count). The molecule has 5 nitrogen and oxygen atoms in total. The van der Waals surface area contributed by atoms with Crippen LogP contribution in [0.2, 0.25) is 5.02 Å². The second-order valence-electron chi connectivity index (χ2n) is 7.95. The van der Waals surface area contributed by atoms with Gasteiger partial charge in [-0.1, -0.05) is 25.4 Å². The summed E-state index contributed by atoms with van der Waals surface area (Å²) in [5, 5.41) is 2.40. The molecule has 3 aliphatic rings. The Morgan fingerprint density at radius 1 is 1.29 bits per heavy atom. The third-order valence-corrected chi connectivity index (χ3v) is 7.56. The summed E-state index contributed by atoms with van der Waals surface area (Å²) in [6.07, 6.45) is 2.85. The number of hydrazine groups is 1. The third kappa shape index (κ3) is 1.64. The van der Waals surface area contributed by atoms with Crippen molar-refractivity contribution in [2.45, 2.75) is 38.6 Å². The molecule has 0 spiro atoms. The SMILES string of the molecule is CC12CN(NC(=O)c3ccc(Cl)cc3)C3(C(N)=O)CC1CCC23C. The quantitative estimate of drug-likeness (QED) is 0.881. The molecule has 1 heterocycles. The number of benzene rings is 1. The molecule has 1 aromatic rings. The highest BCUT2D eigenvalue weighted by Crippen LogP contribution is 2.75. The summed E-state index contributed by atoms with van der Waals surface area (Å²) in [4.78, 5) is 25.1. The molecule has 1 saturated heterocycles. The highest BCUT2D eigenvalue weighted by atomic mass is 35.5. The van der Waals surface area contributed by atoms with E-state index in [0.717, 1.165) is 19.3 Å². The number of nitrogens with zero attached hydrogens (tertiary/aromatic N) is 1. The maximum Gasteiger partial charge on any atom is 0.265 e. The van der Waals surface area contributed by atoms with E-state index < -0.39 is 5.54 Å². The van der Waals surface area contributed by atoms with E-state index in [1.807, 2.05) is 5.01 Å². The molecule has 1 aromatic carbocycles. The van der Waals surface area contributed by atoms with Crippen molar-refractivity contribution in [2.24, 2.45) is 22.5 Å². The molecule has 128 valence electrons. The smallest absolute Gasteiger partial charge is 0.265 e. The molecule has 3 N–H and O–H groups in total. The van der Waals surface area contributed by atoms with Crippen LogP contribution in [0.25, 0.3) is 0 Å². The van der Waals surface area contributed by atoms with E-state index in [4.69, 9.17) is 17.3 Å². The number of nitrogens with one attached hydrogen (secondary N) is 1. The minimum Gasteiger partial charge on any atom is -0.368 e. The molecule has 24 heavy (non-hydrogen) atoms. The van der Waals surface area contributed by atoms with E-state index in [0.29, 0.717) is 23.0 Å². The van der Waals surface area contributed by atoms with Crippen LogP contribution in [0.3, 0.4) is 0 Å². The summed E-state index contributed by atoms with van der Waals surface area (Å²) in [6.45, 7) is 5.07. The summed E-state index contributed by atoms with van der Waals surface area (Å²) in [5.74, 6) is -0.0612. The zero-order valence-electron chi connectivity index (χ0n) is 13.9. The molecule has 4 unspecified atom stereocenters. The fraction of sp³-hybridized carbons (Fsp3) is 0.556. The Labute approximate surface area is 146 Å². The van der Waals surface area contributed by atoms with Crippen LogP contribution in [0.1, 0.15) is 43.5 Å². The predicted octanol–water partition coefficient (Wildman–Crippen LogP) is 2.35. The predicted molar refractivity (Wildman–Crippen MR) is 91.1 cm³/mol. The number of rotatable bonds is 3. The van der Waals surface area contributed by atoms with E-state index in [1.54, 1.807) is 24.3 Å². The Morgan fingerprint density at radius 3 is 2.54 bits per heavy atom. The maximum atomic E-state index is 12.6. The molecule has 2 saturated carbocycles. The number of amides is 2. The largest absolute Gasteiger partial charge is 0.368 e. The zero-order valence-corrected chi connectivity index (χ0v) is 14.7. The van der Waals surface area contributed by atoms with Crippen molar-refractivity contribution in [1.29, 1.82) is 0 Å². The van der Waals surface area contributed by atoms with Gasteiger partial charge in [-0.25, -0.2) is 5.01 Å². The highest BCUT2D eigenvalue weighted by molar-refractivity contribution is 6.30. The van der Waals surface area contributed by atoms with Crippen LogP contribution in [0, 0.1) is 16.7 Å². The van der Waals surface area contributed by atoms with Crippen molar-refractivity contribution in [2.75, 3.05) is 6.54 Å². The molecule has 2 aliphatic carbocycles. The number of carbonyl (C=O) groups excluding carboxylic acids is 2. The van der Waals surface area contributed by atoms with Gasteiger partial charge in [0.15, 0.2) is 0 Å². The Bertz CT molecular complexity index is 736. The number of nitrogens with two attached hydrogens (primary N) is 1. The van der Waals surface area contributed by atoms with Gasteiger partial charge < -0.3 is 5.73 Å². The van der Waals surface area contributed by atoms with Gasteiger partial charge in [-0.15, -0.1) is 0 Å². The van der Waals surface area contributed by atoms with Gasteiger partial charge in [-0.2, -0.15) is 0 Å². The molecule has 2 amide bonds. The number of carbonyl (C=O) groups is 2. The van der Waals surface area contributed by atoms with Crippen molar-refractivity contribution in [3.63, 3.8) is 0 Å². The Morgan fingerprint density at radius 2 is 1.96 bits per heavy atom. The van der Waals surface area contributed by atoms with Gasteiger partial charge in [0.25, 0.3) is 5.91 Å². The molecule has 3 fully saturated rings. The standard InChI is InChI=1S/C18H22ClN3O2/c1-16-10-22(21-14(23)11-3-5-13(19)6-4-11)18(15(20)24)9-12(16)7-8-17(16,18)2/h3-6,12H,7-10H2,1-2H3,(H2,20,24)(H,21,23). The zero-order chi connectivity index (χ0) is 17.3. The van der Waals surface area contributed by atoms with Gasteiger partial charge in [0.1, 0.15) is 5.54 Å². The van der Waals surface area contributed by atoms with Crippen LogP contribution < -0.4 is 11.2 Å². The molecular weight excluding hydrogens is 326 g/mol. The van der Waals surface area contributed by atoms with Crippen LogP contribution >= 0.6 is 11.6 Å². The van der Waals surface area contributed by atoms with E-state index >= 15 is 0 Å². The topological polar surface area (TPSA) is 75.4 Å². The van der Waals surface area contributed by atoms with E-state index in [-0.39, 0.29) is 22.6 Å². The average Bonchev–Trinajstić information content (AvgIpc) is 2.97. The lowest BCUT2D eigenvalue weighted by Gasteiger charge is -2.45. The first-order valence-corrected chi connectivity index (χ1v) is 8.76. The average molecular weight is 348 g/mol. The number of piperidine rings is 1. The van der Waals surface area contributed by atoms with Crippen LogP contribution in [0.15, 0.2) is 24.3 Å².